The SMILES string of the molecule is CC#CC(C)(C)C/C(C)=C/CCl. The van der Waals surface area contributed by atoms with Gasteiger partial charge in [0, 0.05) is 11.3 Å². The van der Waals surface area contributed by atoms with Gasteiger partial charge >= 0.3 is 0 Å². The smallest absolute Gasteiger partial charge is 0.0406 e. The molecule has 0 atom stereocenters. The number of alkyl halides is 1. The van der Waals surface area contributed by atoms with E-state index < -0.39 is 0 Å². The van der Waals surface area contributed by atoms with E-state index in [-0.39, 0.29) is 5.41 Å². The van der Waals surface area contributed by atoms with Crippen LogP contribution in [0.5, 0.6) is 0 Å². The van der Waals surface area contributed by atoms with Gasteiger partial charge in [-0.25, -0.2) is 0 Å². The molecular weight excluding hydrogens is 168 g/mol. The third-order valence-electron chi connectivity index (χ3n) is 1.61. The quantitative estimate of drug-likeness (QED) is 0.357. The summed E-state index contributed by atoms with van der Waals surface area (Å²) in [6, 6.07) is 0. The molecule has 0 spiro atoms. The molecule has 0 aromatic heterocycles. The minimum Gasteiger partial charge on any atom is -0.122 e. The molecule has 0 unspecified atom stereocenters. The maximum atomic E-state index is 5.59. The molecule has 1 heteroatoms. The summed E-state index contributed by atoms with van der Waals surface area (Å²) in [5, 5.41) is 0. The average molecular weight is 185 g/mol. The summed E-state index contributed by atoms with van der Waals surface area (Å²) in [6.07, 6.45) is 3.04. The van der Waals surface area contributed by atoms with Gasteiger partial charge in [0.2, 0.25) is 0 Å². The van der Waals surface area contributed by atoms with E-state index in [9.17, 15) is 0 Å². The van der Waals surface area contributed by atoms with Crippen molar-refractivity contribution in [3.63, 3.8) is 0 Å². The topological polar surface area (TPSA) is 0 Å². The van der Waals surface area contributed by atoms with Gasteiger partial charge < -0.3 is 0 Å². The molecule has 0 nitrogen and oxygen atoms in total. The van der Waals surface area contributed by atoms with Crippen LogP contribution in [0.2, 0.25) is 0 Å². The summed E-state index contributed by atoms with van der Waals surface area (Å²) < 4.78 is 0. The molecule has 0 saturated heterocycles. The van der Waals surface area contributed by atoms with E-state index in [0.29, 0.717) is 5.88 Å². The molecule has 0 heterocycles. The number of rotatable bonds is 3. The lowest BCUT2D eigenvalue weighted by Gasteiger charge is -2.17. The van der Waals surface area contributed by atoms with Crippen LogP contribution in [0.25, 0.3) is 0 Å². The van der Waals surface area contributed by atoms with Crippen molar-refractivity contribution in [1.82, 2.24) is 0 Å². The molecule has 0 N–H and O–H groups in total. The minimum atomic E-state index is 0.0847. The Labute approximate surface area is 81.0 Å². The van der Waals surface area contributed by atoms with Crippen molar-refractivity contribution in [2.24, 2.45) is 5.41 Å². The van der Waals surface area contributed by atoms with Crippen LogP contribution in [0.3, 0.4) is 0 Å². The summed E-state index contributed by atoms with van der Waals surface area (Å²) >= 11 is 5.59. The molecule has 0 amide bonds. The number of halogens is 1. The zero-order valence-electron chi connectivity index (χ0n) is 8.37. The van der Waals surface area contributed by atoms with Crippen LogP contribution in [0.4, 0.5) is 0 Å². The fraction of sp³-hybridized carbons (Fsp3) is 0.636. The lowest BCUT2D eigenvalue weighted by atomic mass is 9.87. The van der Waals surface area contributed by atoms with Gasteiger partial charge in [-0.05, 0) is 34.1 Å². The fourth-order valence-corrected chi connectivity index (χ4v) is 1.55. The largest absolute Gasteiger partial charge is 0.122 e. The van der Waals surface area contributed by atoms with Crippen molar-refractivity contribution in [3.8, 4) is 11.8 Å². The van der Waals surface area contributed by atoms with E-state index in [1.54, 1.807) is 0 Å². The van der Waals surface area contributed by atoms with Crippen molar-refractivity contribution in [3.05, 3.63) is 11.6 Å². The van der Waals surface area contributed by atoms with Crippen LogP contribution in [-0.4, -0.2) is 5.88 Å². The second-order valence-corrected chi connectivity index (χ2v) is 3.95. The minimum absolute atomic E-state index is 0.0847. The van der Waals surface area contributed by atoms with Gasteiger partial charge in [-0.1, -0.05) is 17.6 Å². The Balaban J connectivity index is 4.21. The summed E-state index contributed by atoms with van der Waals surface area (Å²) in [4.78, 5) is 0. The molecule has 0 saturated carbocycles. The van der Waals surface area contributed by atoms with Crippen LogP contribution >= 0.6 is 11.6 Å². The number of allylic oxidation sites excluding steroid dienone is 2. The standard InChI is InChI=1S/C11H17Cl/c1-5-7-11(3,4)9-10(2)6-8-12/h6H,8-9H2,1-4H3/b10-6+. The van der Waals surface area contributed by atoms with Crippen molar-refractivity contribution in [2.45, 2.75) is 34.1 Å². The number of hydrogen-bond donors (Lipinski definition) is 0. The van der Waals surface area contributed by atoms with Gasteiger partial charge in [0.1, 0.15) is 0 Å². The van der Waals surface area contributed by atoms with E-state index in [1.807, 2.05) is 13.0 Å². The predicted molar refractivity (Wildman–Crippen MR) is 56.3 cm³/mol. The highest BCUT2D eigenvalue weighted by atomic mass is 35.5. The molecule has 68 valence electrons. The lowest BCUT2D eigenvalue weighted by Crippen LogP contribution is -2.08. The van der Waals surface area contributed by atoms with Crippen LogP contribution in [0.1, 0.15) is 34.1 Å². The second-order valence-electron chi connectivity index (χ2n) is 3.64. The molecule has 0 fully saturated rings. The van der Waals surface area contributed by atoms with E-state index in [4.69, 9.17) is 11.6 Å². The molecule has 0 radical (unpaired) electrons. The fourth-order valence-electron chi connectivity index (χ4n) is 1.28. The van der Waals surface area contributed by atoms with Gasteiger partial charge in [0.15, 0.2) is 0 Å². The van der Waals surface area contributed by atoms with Gasteiger partial charge in [0.25, 0.3) is 0 Å². The first-order valence-corrected chi connectivity index (χ1v) is 4.71. The molecule has 12 heavy (non-hydrogen) atoms. The molecule has 0 aliphatic rings. The Bertz CT molecular complexity index is 213. The highest BCUT2D eigenvalue weighted by molar-refractivity contribution is 6.18. The van der Waals surface area contributed by atoms with Crippen LogP contribution < -0.4 is 0 Å². The lowest BCUT2D eigenvalue weighted by molar-refractivity contribution is 0.498. The summed E-state index contributed by atoms with van der Waals surface area (Å²) in [7, 11) is 0. The average Bonchev–Trinajstić information content (AvgIpc) is 1.85. The zero-order valence-corrected chi connectivity index (χ0v) is 9.13. The first-order valence-electron chi connectivity index (χ1n) is 4.17. The third-order valence-corrected chi connectivity index (χ3v) is 1.76. The molecule has 0 aromatic rings. The van der Waals surface area contributed by atoms with Crippen LogP contribution in [0, 0.1) is 17.3 Å². The summed E-state index contributed by atoms with van der Waals surface area (Å²) in [5.41, 5.74) is 1.40. The Kier molecular flexibility index (Phi) is 5.09. The van der Waals surface area contributed by atoms with Crippen molar-refractivity contribution >= 4 is 11.6 Å². The Hall–Kier alpha value is -0.410. The van der Waals surface area contributed by atoms with Gasteiger partial charge in [-0.15, -0.1) is 17.5 Å². The van der Waals surface area contributed by atoms with Crippen molar-refractivity contribution < 1.29 is 0 Å². The molecule has 0 aliphatic heterocycles. The van der Waals surface area contributed by atoms with Crippen molar-refractivity contribution in [1.29, 1.82) is 0 Å². The zero-order chi connectivity index (χ0) is 9.61. The molecule has 0 aromatic carbocycles. The van der Waals surface area contributed by atoms with Crippen molar-refractivity contribution in [2.75, 3.05) is 5.88 Å². The second kappa shape index (κ2) is 5.27. The van der Waals surface area contributed by atoms with E-state index >= 15 is 0 Å². The number of hydrogen-bond acceptors (Lipinski definition) is 0. The Morgan fingerprint density at radius 3 is 2.50 bits per heavy atom. The summed E-state index contributed by atoms with van der Waals surface area (Å²) in [6.45, 7) is 8.27. The normalized spacial score (nSPS) is 12.2. The van der Waals surface area contributed by atoms with Crippen LogP contribution in [-0.2, 0) is 0 Å². The highest BCUT2D eigenvalue weighted by Gasteiger charge is 2.13. The van der Waals surface area contributed by atoms with Gasteiger partial charge in [-0.3, -0.25) is 0 Å². The van der Waals surface area contributed by atoms with Gasteiger partial charge in [0.05, 0.1) is 0 Å². The Morgan fingerprint density at radius 2 is 2.08 bits per heavy atom. The highest BCUT2D eigenvalue weighted by Crippen LogP contribution is 2.23. The first-order chi connectivity index (χ1) is 5.52. The first kappa shape index (κ1) is 11.6. The molecule has 0 aliphatic carbocycles. The predicted octanol–water partition coefficient (Wildman–Crippen LogP) is 3.61. The molecular formula is C11H17Cl. The van der Waals surface area contributed by atoms with Crippen LogP contribution in [0.15, 0.2) is 11.6 Å². The monoisotopic (exact) mass is 184 g/mol. The van der Waals surface area contributed by atoms with E-state index in [0.717, 1.165) is 6.42 Å². The summed E-state index contributed by atoms with van der Waals surface area (Å²) in [5.74, 6) is 6.72. The maximum absolute atomic E-state index is 5.59. The Morgan fingerprint density at radius 1 is 1.50 bits per heavy atom. The van der Waals surface area contributed by atoms with E-state index in [1.165, 1.54) is 5.57 Å². The molecule has 0 rings (SSSR count). The van der Waals surface area contributed by atoms with E-state index in [2.05, 4.69) is 32.6 Å². The maximum Gasteiger partial charge on any atom is 0.0406 e. The third kappa shape index (κ3) is 5.27. The van der Waals surface area contributed by atoms with Gasteiger partial charge in [-0.2, -0.15) is 0 Å². The molecule has 0 bridgehead atoms.